The second-order valence-electron chi connectivity index (χ2n) is 5.86. The van der Waals surface area contributed by atoms with E-state index in [4.69, 9.17) is 0 Å². The monoisotopic (exact) mass is 290 g/mol. The minimum atomic E-state index is -0.305. The van der Waals surface area contributed by atoms with Gasteiger partial charge in [0, 0.05) is 6.08 Å². The third kappa shape index (κ3) is 8.54. The average Bonchev–Trinajstić information content (AvgIpc) is 2.53. The van der Waals surface area contributed by atoms with Gasteiger partial charge in [-0.3, -0.25) is 0 Å². The fourth-order valence-electron chi connectivity index (χ4n) is 2.76. The Morgan fingerprint density at radius 1 is 1.14 bits per heavy atom. The van der Waals surface area contributed by atoms with E-state index in [0.717, 1.165) is 12.3 Å². The molecule has 118 valence electrons. The van der Waals surface area contributed by atoms with Crippen molar-refractivity contribution in [3.05, 3.63) is 36.0 Å². The lowest BCUT2D eigenvalue weighted by molar-refractivity contribution is -0.134. The normalized spacial score (nSPS) is 17.7. The zero-order valence-corrected chi connectivity index (χ0v) is 13.6. The number of carbonyl (C=O) groups excluding carboxylic acids is 1. The van der Waals surface area contributed by atoms with Crippen molar-refractivity contribution in [1.82, 2.24) is 0 Å². The molecule has 1 rings (SSSR count). The Hall–Kier alpha value is -1.31. The number of carbonyl (C=O) groups is 1. The van der Waals surface area contributed by atoms with Crippen molar-refractivity contribution in [3.8, 4) is 0 Å². The van der Waals surface area contributed by atoms with Crippen molar-refractivity contribution in [2.24, 2.45) is 5.92 Å². The second kappa shape index (κ2) is 11.4. The predicted molar refractivity (Wildman–Crippen MR) is 89.1 cm³/mol. The Bertz CT molecular complexity index is 371. The molecule has 1 aliphatic rings. The standard InChI is InChI=1S/C19H30O2/c1-3-4-10-17(13-8-9-14-19(20)21-2)15-16-18-11-6-5-7-12-18/h8-9,13-15,18H,3-7,10-12,16H2,1-2H3/b13-8+,14-9+,17-15+. The van der Waals surface area contributed by atoms with Crippen LogP contribution in [0.15, 0.2) is 36.0 Å². The fourth-order valence-corrected chi connectivity index (χ4v) is 2.76. The molecule has 0 aromatic rings. The van der Waals surface area contributed by atoms with E-state index >= 15 is 0 Å². The number of hydrogen-bond acceptors (Lipinski definition) is 2. The van der Waals surface area contributed by atoms with E-state index in [1.807, 2.05) is 6.08 Å². The zero-order chi connectivity index (χ0) is 15.3. The van der Waals surface area contributed by atoms with Gasteiger partial charge in [-0.2, -0.15) is 0 Å². The summed E-state index contributed by atoms with van der Waals surface area (Å²) in [5, 5.41) is 0. The van der Waals surface area contributed by atoms with Crippen molar-refractivity contribution in [3.63, 3.8) is 0 Å². The summed E-state index contributed by atoms with van der Waals surface area (Å²) in [5.41, 5.74) is 1.40. The van der Waals surface area contributed by atoms with Gasteiger partial charge in [-0.15, -0.1) is 0 Å². The molecule has 0 amide bonds. The van der Waals surface area contributed by atoms with E-state index < -0.39 is 0 Å². The number of unbranched alkanes of at least 4 members (excludes halogenated alkanes) is 1. The quantitative estimate of drug-likeness (QED) is 0.342. The first-order valence-electron chi connectivity index (χ1n) is 8.38. The molecule has 0 N–H and O–H groups in total. The highest BCUT2D eigenvalue weighted by atomic mass is 16.5. The van der Waals surface area contributed by atoms with Crippen molar-refractivity contribution in [1.29, 1.82) is 0 Å². The van der Waals surface area contributed by atoms with Gasteiger partial charge < -0.3 is 4.74 Å². The Balaban J connectivity index is 2.50. The van der Waals surface area contributed by atoms with Crippen LogP contribution in [0.1, 0.15) is 64.7 Å². The van der Waals surface area contributed by atoms with Gasteiger partial charge in [0.1, 0.15) is 0 Å². The van der Waals surface area contributed by atoms with E-state index in [1.165, 1.54) is 70.1 Å². The van der Waals surface area contributed by atoms with Crippen molar-refractivity contribution in [2.75, 3.05) is 7.11 Å². The molecule has 0 bridgehead atoms. The summed E-state index contributed by atoms with van der Waals surface area (Å²) in [6.45, 7) is 2.22. The van der Waals surface area contributed by atoms with Gasteiger partial charge in [0.15, 0.2) is 0 Å². The summed E-state index contributed by atoms with van der Waals surface area (Å²) in [5.74, 6) is 0.579. The van der Waals surface area contributed by atoms with Crippen LogP contribution in [0.5, 0.6) is 0 Å². The molecule has 0 unspecified atom stereocenters. The van der Waals surface area contributed by atoms with Crippen LogP contribution in [-0.2, 0) is 9.53 Å². The predicted octanol–water partition coefficient (Wildman–Crippen LogP) is 5.36. The van der Waals surface area contributed by atoms with Crippen LogP contribution in [0, 0.1) is 5.92 Å². The molecule has 1 fully saturated rings. The van der Waals surface area contributed by atoms with Crippen LogP contribution in [0.2, 0.25) is 0 Å². The summed E-state index contributed by atoms with van der Waals surface area (Å²) in [6, 6.07) is 0. The first-order chi connectivity index (χ1) is 10.3. The van der Waals surface area contributed by atoms with E-state index in [-0.39, 0.29) is 5.97 Å². The maximum absolute atomic E-state index is 11.0. The topological polar surface area (TPSA) is 26.3 Å². The minimum Gasteiger partial charge on any atom is -0.466 e. The number of allylic oxidation sites excluding steroid dienone is 5. The summed E-state index contributed by atoms with van der Waals surface area (Å²) >= 11 is 0. The molecule has 0 aromatic carbocycles. The molecule has 0 spiro atoms. The lowest BCUT2D eigenvalue weighted by atomic mass is 9.86. The Morgan fingerprint density at radius 3 is 2.52 bits per heavy atom. The molecule has 1 saturated carbocycles. The molecule has 2 nitrogen and oxygen atoms in total. The molecule has 0 aromatic heterocycles. The Morgan fingerprint density at radius 2 is 1.86 bits per heavy atom. The molecule has 0 aliphatic heterocycles. The highest BCUT2D eigenvalue weighted by molar-refractivity contribution is 5.82. The zero-order valence-electron chi connectivity index (χ0n) is 13.6. The summed E-state index contributed by atoms with van der Waals surface area (Å²) in [7, 11) is 1.40. The van der Waals surface area contributed by atoms with Crippen molar-refractivity contribution in [2.45, 2.75) is 64.7 Å². The third-order valence-electron chi connectivity index (χ3n) is 4.11. The molecule has 0 heterocycles. The maximum atomic E-state index is 11.0. The number of esters is 1. The van der Waals surface area contributed by atoms with E-state index in [9.17, 15) is 4.79 Å². The lowest BCUT2D eigenvalue weighted by Crippen LogP contribution is -2.04. The van der Waals surface area contributed by atoms with Gasteiger partial charge in [0.25, 0.3) is 0 Å². The molecule has 0 atom stereocenters. The van der Waals surface area contributed by atoms with Crippen LogP contribution in [0.4, 0.5) is 0 Å². The summed E-state index contributed by atoms with van der Waals surface area (Å²) < 4.78 is 4.57. The van der Waals surface area contributed by atoms with Gasteiger partial charge in [-0.1, -0.05) is 75.3 Å². The number of hydrogen-bond donors (Lipinski definition) is 0. The number of rotatable bonds is 8. The number of methoxy groups -OCH3 is 1. The van der Waals surface area contributed by atoms with E-state index in [2.05, 4.69) is 23.8 Å². The van der Waals surface area contributed by atoms with Gasteiger partial charge in [-0.25, -0.2) is 4.79 Å². The third-order valence-corrected chi connectivity index (χ3v) is 4.11. The highest BCUT2D eigenvalue weighted by Gasteiger charge is 2.11. The molecular weight excluding hydrogens is 260 g/mol. The van der Waals surface area contributed by atoms with Gasteiger partial charge in [0.2, 0.25) is 0 Å². The van der Waals surface area contributed by atoms with Crippen LogP contribution in [0.3, 0.4) is 0 Å². The highest BCUT2D eigenvalue weighted by Crippen LogP contribution is 2.27. The van der Waals surface area contributed by atoms with E-state index in [0.29, 0.717) is 0 Å². The Labute approximate surface area is 130 Å². The van der Waals surface area contributed by atoms with Crippen LogP contribution in [0.25, 0.3) is 0 Å². The molecule has 21 heavy (non-hydrogen) atoms. The smallest absolute Gasteiger partial charge is 0.330 e. The van der Waals surface area contributed by atoms with Crippen LogP contribution < -0.4 is 0 Å². The molecule has 2 heteroatoms. The largest absolute Gasteiger partial charge is 0.466 e. The summed E-state index contributed by atoms with van der Waals surface area (Å²) in [4.78, 5) is 11.0. The summed E-state index contributed by atoms with van der Waals surface area (Å²) in [6.07, 6.45) is 21.5. The molecular formula is C19H30O2. The van der Waals surface area contributed by atoms with Gasteiger partial charge in [-0.05, 0) is 25.2 Å². The van der Waals surface area contributed by atoms with E-state index in [1.54, 1.807) is 6.08 Å². The van der Waals surface area contributed by atoms with Crippen molar-refractivity contribution < 1.29 is 9.53 Å². The first-order valence-corrected chi connectivity index (χ1v) is 8.38. The SMILES string of the molecule is CCCCC(/C=C/C=C/C(=O)OC)=C\CC1CCCCC1. The lowest BCUT2D eigenvalue weighted by Gasteiger charge is -2.20. The minimum absolute atomic E-state index is 0.305. The molecule has 0 radical (unpaired) electrons. The van der Waals surface area contributed by atoms with Gasteiger partial charge >= 0.3 is 5.97 Å². The maximum Gasteiger partial charge on any atom is 0.330 e. The molecule has 0 saturated heterocycles. The van der Waals surface area contributed by atoms with Gasteiger partial charge in [0.05, 0.1) is 7.11 Å². The average molecular weight is 290 g/mol. The second-order valence-corrected chi connectivity index (χ2v) is 5.86. The van der Waals surface area contributed by atoms with Crippen LogP contribution >= 0.6 is 0 Å². The van der Waals surface area contributed by atoms with Crippen LogP contribution in [-0.4, -0.2) is 13.1 Å². The van der Waals surface area contributed by atoms with Crippen molar-refractivity contribution >= 4 is 5.97 Å². The number of ether oxygens (including phenoxy) is 1. The first kappa shape index (κ1) is 17.7. The Kier molecular flexibility index (Phi) is 9.60. The molecule has 1 aliphatic carbocycles. The fraction of sp³-hybridized carbons (Fsp3) is 0.632.